The van der Waals surface area contributed by atoms with Crippen LogP contribution in [0.15, 0.2) is 24.5 Å². The maximum absolute atomic E-state index is 11.1. The second-order valence-corrected chi connectivity index (χ2v) is 4.55. The quantitative estimate of drug-likeness (QED) is 0.870. The fraction of sp³-hybridized carbons (Fsp3) is 0.538. The Bertz CT molecular complexity index is 380. The Morgan fingerprint density at radius 1 is 1.59 bits per heavy atom. The lowest BCUT2D eigenvalue weighted by molar-refractivity contribution is -0.144. The SMILES string of the molecule is C[C@@H](C(=O)O)N1CCCC[C@H]1c1cccnc1. The van der Waals surface area contributed by atoms with Gasteiger partial charge in [0.05, 0.1) is 0 Å². The van der Waals surface area contributed by atoms with Gasteiger partial charge >= 0.3 is 5.97 Å². The van der Waals surface area contributed by atoms with Crippen LogP contribution in [0.25, 0.3) is 0 Å². The van der Waals surface area contributed by atoms with Gasteiger partial charge < -0.3 is 5.11 Å². The van der Waals surface area contributed by atoms with Gasteiger partial charge in [-0.2, -0.15) is 0 Å². The lowest BCUT2D eigenvalue weighted by Gasteiger charge is -2.38. The second-order valence-electron chi connectivity index (χ2n) is 4.55. The summed E-state index contributed by atoms with van der Waals surface area (Å²) in [5, 5.41) is 9.14. The van der Waals surface area contributed by atoms with E-state index >= 15 is 0 Å². The molecule has 17 heavy (non-hydrogen) atoms. The molecule has 4 heteroatoms. The lowest BCUT2D eigenvalue weighted by atomic mass is 9.95. The molecule has 0 spiro atoms. The third kappa shape index (κ3) is 2.64. The Labute approximate surface area is 101 Å². The summed E-state index contributed by atoms with van der Waals surface area (Å²) < 4.78 is 0. The minimum Gasteiger partial charge on any atom is -0.480 e. The highest BCUT2D eigenvalue weighted by Crippen LogP contribution is 2.31. The molecule has 4 nitrogen and oxygen atoms in total. The van der Waals surface area contributed by atoms with Crippen molar-refractivity contribution in [3.63, 3.8) is 0 Å². The van der Waals surface area contributed by atoms with Crippen molar-refractivity contribution in [3.05, 3.63) is 30.1 Å². The molecule has 1 aliphatic rings. The van der Waals surface area contributed by atoms with Gasteiger partial charge in [-0.25, -0.2) is 0 Å². The van der Waals surface area contributed by atoms with E-state index in [1.807, 2.05) is 18.3 Å². The predicted octanol–water partition coefficient (Wildman–Crippen LogP) is 2.08. The minimum absolute atomic E-state index is 0.198. The van der Waals surface area contributed by atoms with Gasteiger partial charge in [0.1, 0.15) is 6.04 Å². The first kappa shape index (κ1) is 12.0. The van der Waals surface area contributed by atoms with Gasteiger partial charge in [0.15, 0.2) is 0 Å². The second kappa shape index (κ2) is 5.27. The molecular weight excluding hydrogens is 216 g/mol. The molecule has 0 radical (unpaired) electrons. The Kier molecular flexibility index (Phi) is 3.74. The standard InChI is InChI=1S/C13H18N2O2/c1-10(13(16)17)15-8-3-2-6-12(15)11-5-4-7-14-9-11/h4-5,7,9-10,12H,2-3,6,8H2,1H3,(H,16,17)/t10-,12-/m0/s1. The van der Waals surface area contributed by atoms with Crippen molar-refractivity contribution >= 4 is 5.97 Å². The van der Waals surface area contributed by atoms with Crippen LogP contribution in [0.1, 0.15) is 37.8 Å². The normalized spacial score (nSPS) is 23.2. The number of pyridine rings is 1. The summed E-state index contributed by atoms with van der Waals surface area (Å²) in [6.45, 7) is 2.62. The Morgan fingerprint density at radius 2 is 2.41 bits per heavy atom. The van der Waals surface area contributed by atoms with Gasteiger partial charge in [-0.05, 0) is 37.9 Å². The molecular formula is C13H18N2O2. The highest BCUT2D eigenvalue weighted by atomic mass is 16.4. The van der Waals surface area contributed by atoms with E-state index in [2.05, 4.69) is 9.88 Å². The number of aliphatic carboxylic acids is 1. The van der Waals surface area contributed by atoms with Crippen LogP contribution < -0.4 is 0 Å². The van der Waals surface area contributed by atoms with Crippen LogP contribution in [0, 0.1) is 0 Å². The number of rotatable bonds is 3. The van der Waals surface area contributed by atoms with Gasteiger partial charge in [-0.1, -0.05) is 12.5 Å². The Balaban J connectivity index is 2.21. The monoisotopic (exact) mass is 234 g/mol. The smallest absolute Gasteiger partial charge is 0.320 e. The van der Waals surface area contributed by atoms with Crippen LogP contribution in [-0.4, -0.2) is 33.5 Å². The first-order valence-corrected chi connectivity index (χ1v) is 6.08. The molecule has 2 rings (SSSR count). The predicted molar refractivity (Wildman–Crippen MR) is 64.6 cm³/mol. The number of piperidine rings is 1. The molecule has 1 fully saturated rings. The molecule has 92 valence electrons. The van der Waals surface area contributed by atoms with Crippen molar-refractivity contribution in [1.82, 2.24) is 9.88 Å². The van der Waals surface area contributed by atoms with Crippen molar-refractivity contribution < 1.29 is 9.90 Å². The summed E-state index contributed by atoms with van der Waals surface area (Å²) in [5.41, 5.74) is 1.13. The van der Waals surface area contributed by atoms with Crippen molar-refractivity contribution in [2.24, 2.45) is 0 Å². The first-order chi connectivity index (χ1) is 8.20. The first-order valence-electron chi connectivity index (χ1n) is 6.08. The molecule has 2 atom stereocenters. The fourth-order valence-electron chi connectivity index (χ4n) is 2.49. The molecule has 0 bridgehead atoms. The highest BCUT2D eigenvalue weighted by molar-refractivity contribution is 5.73. The number of nitrogens with zero attached hydrogens (tertiary/aromatic N) is 2. The van der Waals surface area contributed by atoms with E-state index in [9.17, 15) is 4.79 Å². The summed E-state index contributed by atoms with van der Waals surface area (Å²) in [6.07, 6.45) is 6.84. The highest BCUT2D eigenvalue weighted by Gasteiger charge is 2.30. The Morgan fingerprint density at radius 3 is 3.06 bits per heavy atom. The molecule has 1 aliphatic heterocycles. The zero-order chi connectivity index (χ0) is 12.3. The van der Waals surface area contributed by atoms with E-state index in [1.165, 1.54) is 0 Å². The van der Waals surface area contributed by atoms with Crippen molar-refractivity contribution in [3.8, 4) is 0 Å². The summed E-state index contributed by atoms with van der Waals surface area (Å²) in [5.74, 6) is -0.749. The van der Waals surface area contributed by atoms with Crippen LogP contribution in [0.2, 0.25) is 0 Å². The molecule has 1 aromatic heterocycles. The molecule has 0 aliphatic carbocycles. The van der Waals surface area contributed by atoms with Crippen molar-refractivity contribution in [1.29, 1.82) is 0 Å². The molecule has 2 heterocycles. The number of carboxylic acids is 1. The molecule has 0 saturated carbocycles. The number of carboxylic acid groups (broad SMARTS) is 1. The zero-order valence-corrected chi connectivity index (χ0v) is 10.0. The van der Waals surface area contributed by atoms with E-state index in [1.54, 1.807) is 13.1 Å². The van der Waals surface area contributed by atoms with Gasteiger partial charge in [-0.3, -0.25) is 14.7 Å². The lowest BCUT2D eigenvalue weighted by Crippen LogP contribution is -2.44. The number of likely N-dealkylation sites (tertiary alicyclic amines) is 1. The largest absolute Gasteiger partial charge is 0.480 e. The van der Waals surface area contributed by atoms with Gasteiger partial charge in [0.25, 0.3) is 0 Å². The van der Waals surface area contributed by atoms with Gasteiger partial charge in [0, 0.05) is 18.4 Å². The number of aromatic nitrogens is 1. The minimum atomic E-state index is -0.749. The average molecular weight is 234 g/mol. The maximum Gasteiger partial charge on any atom is 0.320 e. The summed E-state index contributed by atoms with van der Waals surface area (Å²) in [7, 11) is 0. The molecule has 0 amide bonds. The van der Waals surface area contributed by atoms with E-state index in [-0.39, 0.29) is 6.04 Å². The number of carbonyl (C=O) groups is 1. The van der Waals surface area contributed by atoms with Crippen molar-refractivity contribution in [2.75, 3.05) is 6.54 Å². The summed E-state index contributed by atoms with van der Waals surface area (Å²) in [6, 6.07) is 3.71. The average Bonchev–Trinajstić information content (AvgIpc) is 2.39. The molecule has 0 aromatic carbocycles. The summed E-state index contributed by atoms with van der Waals surface area (Å²) >= 11 is 0. The third-order valence-electron chi connectivity index (χ3n) is 3.47. The van der Waals surface area contributed by atoms with Crippen LogP contribution in [0.3, 0.4) is 0 Å². The molecule has 1 N–H and O–H groups in total. The molecule has 1 aromatic rings. The van der Waals surface area contributed by atoms with Crippen molar-refractivity contribution in [2.45, 2.75) is 38.3 Å². The topological polar surface area (TPSA) is 53.4 Å². The Hall–Kier alpha value is -1.42. The number of hydrogen-bond acceptors (Lipinski definition) is 3. The van der Waals surface area contributed by atoms with E-state index in [0.717, 1.165) is 31.4 Å². The van der Waals surface area contributed by atoms with Crippen LogP contribution in [0.5, 0.6) is 0 Å². The fourth-order valence-corrected chi connectivity index (χ4v) is 2.49. The molecule has 1 saturated heterocycles. The van der Waals surface area contributed by atoms with Gasteiger partial charge in [0.2, 0.25) is 0 Å². The van der Waals surface area contributed by atoms with Crippen LogP contribution in [0.4, 0.5) is 0 Å². The van der Waals surface area contributed by atoms with E-state index < -0.39 is 12.0 Å². The van der Waals surface area contributed by atoms with Gasteiger partial charge in [-0.15, -0.1) is 0 Å². The zero-order valence-electron chi connectivity index (χ0n) is 10.0. The van der Waals surface area contributed by atoms with Crippen LogP contribution >= 0.6 is 0 Å². The maximum atomic E-state index is 11.1. The molecule has 0 unspecified atom stereocenters. The third-order valence-corrected chi connectivity index (χ3v) is 3.47. The van der Waals surface area contributed by atoms with E-state index in [4.69, 9.17) is 5.11 Å². The summed E-state index contributed by atoms with van der Waals surface area (Å²) in [4.78, 5) is 17.3. The van der Waals surface area contributed by atoms with E-state index in [0.29, 0.717) is 0 Å². The number of hydrogen-bond donors (Lipinski definition) is 1. The van der Waals surface area contributed by atoms with Crippen LogP contribution in [-0.2, 0) is 4.79 Å².